The van der Waals surface area contributed by atoms with Gasteiger partial charge in [0, 0.05) is 635 Å². The predicted octanol–water partition coefficient (Wildman–Crippen LogP) is -0.170. The van der Waals surface area contributed by atoms with E-state index in [-0.39, 0.29) is 0 Å². The molecule has 0 atom stereocenters. The highest BCUT2D eigenvalue weighted by molar-refractivity contribution is 8.84. The highest BCUT2D eigenvalue weighted by atomic mass is 33.5. The van der Waals surface area contributed by atoms with Crippen molar-refractivity contribution in [2.45, 2.75) is 0 Å². The molecular formula is S71. The molecule has 0 aliphatic heterocycles. The number of rotatable bonds is 0. The van der Waals surface area contributed by atoms with E-state index in [1.807, 2.05) is 488 Å². The smallest absolute Gasteiger partial charge is 0 e. The molecule has 0 nitrogen and oxygen atoms in total. The zero-order chi connectivity index (χ0) is 50.8. The van der Waals surface area contributed by atoms with E-state index < -0.39 is 0 Å². The van der Waals surface area contributed by atoms with Gasteiger partial charge < -0.3 is 0 Å². The second-order valence-electron chi connectivity index (χ2n) is 4.69. The molecule has 0 bridgehead atoms. The fourth-order valence-corrected chi connectivity index (χ4v) is 185. The summed E-state index contributed by atoms with van der Waals surface area (Å²) in [7, 11) is 124. The highest BCUT2D eigenvalue weighted by Crippen LogP contribution is 1.47. The lowest BCUT2D eigenvalue weighted by atomic mass is 30.7. The first kappa shape index (κ1) is 86.6. The Balaban J connectivity index is 6.14. The van der Waals surface area contributed by atoms with Crippen molar-refractivity contribution in [3.8, 4) is 0 Å². The number of hydrogen-bond acceptors (Lipinski definition) is 2. The molecule has 0 saturated heterocycles. The van der Waals surface area contributed by atoms with Crippen LogP contribution in [0.25, 0.3) is 0 Å². The van der Waals surface area contributed by atoms with Crippen molar-refractivity contribution in [2.24, 2.45) is 0 Å². The van der Waals surface area contributed by atoms with E-state index >= 15 is 0 Å². The third-order valence-electron chi connectivity index (χ3n) is 1.89. The van der Waals surface area contributed by atoms with Gasteiger partial charge in [-0.1, -0.05) is 0 Å². The molecule has 0 aromatic heterocycles. The molecule has 71 heteroatoms. The van der Waals surface area contributed by atoms with E-state index in [9.17, 15) is 0 Å². The van der Waals surface area contributed by atoms with Crippen LogP contribution < -0.4 is 0 Å². The fraction of sp³-hybridized carbons (Fsp3) is 0. The molecule has 0 spiro atoms. The SMILES string of the molecule is S=S=S=S=S=S=S=S=S=S=S=S=S=S=S=S=S=S=S=S=S=S=S=S=S=S=S=S=S=S=S=S=S=S=S=S=S=S=S=S=S=S=S=S=S=S=S=S=S=S=S=S=S=S=S=S=S=S=S=S=S=S=S=S=S=S=S=S=S=S=S. The summed E-state index contributed by atoms with van der Waals surface area (Å²) in [5.41, 5.74) is 0. The quantitative estimate of drug-likeness (QED) is 0.331. The lowest BCUT2D eigenvalue weighted by molar-refractivity contribution is 5.95. The Morgan fingerprint density at radius 3 is 0.155 bits per heavy atom. The van der Waals surface area contributed by atoms with Gasteiger partial charge in [0.2, 0.25) is 0 Å². The molecule has 0 amide bonds. The van der Waals surface area contributed by atoms with Crippen LogP contribution in [0.4, 0.5) is 0 Å². The Kier molecular flexibility index (Phi) is 104. The average Bonchev–Trinajstić information content (AvgIpc) is 3.38. The largest absolute Gasteiger partial charge is 0 e. The fourth-order valence-electron chi connectivity index (χ4n) is 0.760. The topological polar surface area (TPSA) is 0 Å². The van der Waals surface area contributed by atoms with Crippen molar-refractivity contribution < 1.29 is 0 Å². The molecule has 0 aromatic carbocycles. The highest BCUT2D eigenvalue weighted by Gasteiger charge is 1.48. The lowest BCUT2D eigenvalue weighted by Gasteiger charge is -1.41. The van der Waals surface area contributed by atoms with E-state index in [2.05, 4.69) is 0 Å². The van der Waals surface area contributed by atoms with Crippen LogP contribution >= 0.6 is 0 Å². The Labute approximate surface area is 615 Å². The van der Waals surface area contributed by atoms with Crippen LogP contribution in [0.1, 0.15) is 0 Å². The van der Waals surface area contributed by atoms with Crippen LogP contribution in [-0.4, -0.2) is 0 Å². The van der Waals surface area contributed by atoms with E-state index in [1.165, 1.54) is 17.8 Å². The molecule has 426 valence electrons. The Hall–Kier alpha value is 15.6. The molecule has 0 fully saturated rings. The van der Waals surface area contributed by atoms with Gasteiger partial charge in [0.15, 0.2) is 0 Å². The van der Waals surface area contributed by atoms with Gasteiger partial charge >= 0.3 is 0 Å². The second-order valence-corrected chi connectivity index (χ2v) is 127. The summed E-state index contributed by atoms with van der Waals surface area (Å²) in [6.45, 7) is 0. The van der Waals surface area contributed by atoms with Crippen molar-refractivity contribution >= 4 is 635 Å². The summed E-state index contributed by atoms with van der Waals surface area (Å²) in [5.74, 6) is 0. The van der Waals surface area contributed by atoms with Gasteiger partial charge in [-0.2, -0.15) is 0 Å². The van der Waals surface area contributed by atoms with Crippen molar-refractivity contribution in [3.63, 3.8) is 0 Å². The zero-order valence-electron chi connectivity index (χ0n) is 29.0. The molecular weight excluding hydrogens is 2280 g/mol. The summed E-state index contributed by atoms with van der Waals surface area (Å²) < 4.78 is 0. The standard InChI is InChI=1S/S71/c1-3-5-7-9-11-13-15-17-19-21-23-25-27-29-31-33-35-37-39-41-43-45-47-49-51-53-55-57-59-61-63-65-67-69-71-70-68-66-64-62-60-58-56-54-52-50-48-46-44-42-40-38-36-34-32-30-28-26-24-22-20-18-16-14-12-10-8-6-4-2. The monoisotopic (exact) mass is 2270 g/mol. The molecule has 0 radical (unpaired) electrons. The van der Waals surface area contributed by atoms with E-state index in [0.29, 0.717) is 0 Å². The first-order valence-corrected chi connectivity index (χ1v) is 105. The van der Waals surface area contributed by atoms with Gasteiger partial charge in [-0.15, -0.1) is 0 Å². The zero-order valence-corrected chi connectivity index (χ0v) is 87.0. The normalized spacial score (nSPS) is 7.83. The molecule has 0 heterocycles. The maximum Gasteiger partial charge on any atom is 0 e. The Morgan fingerprint density at radius 1 is 0.0704 bits per heavy atom. The minimum Gasteiger partial charge on any atom is 0 e. The van der Waals surface area contributed by atoms with Gasteiger partial charge in [0.1, 0.15) is 0 Å². The van der Waals surface area contributed by atoms with Crippen molar-refractivity contribution in [2.75, 3.05) is 0 Å². The third-order valence-corrected chi connectivity index (χ3v) is 153. The minimum absolute atomic E-state index is 1.37. The minimum atomic E-state index is 1.37. The van der Waals surface area contributed by atoms with Gasteiger partial charge in [-0.3, -0.25) is 0 Å². The van der Waals surface area contributed by atoms with E-state index in [4.69, 9.17) is 22.4 Å². The summed E-state index contributed by atoms with van der Waals surface area (Å²) in [6.07, 6.45) is 0. The van der Waals surface area contributed by atoms with Gasteiger partial charge in [-0.25, -0.2) is 0 Å². The first-order chi connectivity index (χ1) is 35.4. The average molecular weight is 2280 g/mol. The second kappa shape index (κ2) is 85.6. The van der Waals surface area contributed by atoms with Crippen LogP contribution in [-0.2, 0) is 635 Å². The van der Waals surface area contributed by atoms with Crippen molar-refractivity contribution in [1.29, 1.82) is 0 Å². The molecule has 0 rings (SSSR count). The Bertz CT molecular complexity index is 4940. The molecule has 0 unspecified atom stereocenters. The third kappa shape index (κ3) is 85.6. The van der Waals surface area contributed by atoms with E-state index in [0.717, 1.165) is 0 Å². The molecule has 0 saturated carbocycles. The number of hydrogen-bond donors (Lipinski definition) is 0. The summed E-state index contributed by atoms with van der Waals surface area (Å²) in [5, 5.41) is 0. The molecule has 0 N–H and O–H groups in total. The molecule has 71 heavy (non-hydrogen) atoms. The molecule has 0 aromatic rings. The maximum absolute atomic E-state index is 4.82. The maximum atomic E-state index is 4.82. The lowest BCUT2D eigenvalue weighted by Crippen LogP contribution is -1.41. The van der Waals surface area contributed by atoms with Crippen LogP contribution in [0.3, 0.4) is 0 Å². The van der Waals surface area contributed by atoms with E-state index in [1.54, 1.807) is 107 Å². The van der Waals surface area contributed by atoms with Crippen molar-refractivity contribution in [1.82, 2.24) is 0 Å². The molecule has 0 aliphatic rings. The van der Waals surface area contributed by atoms with Crippen LogP contribution in [0.15, 0.2) is 0 Å². The van der Waals surface area contributed by atoms with Crippen LogP contribution in [0, 0.1) is 0 Å². The summed E-state index contributed by atoms with van der Waals surface area (Å²) in [6, 6.07) is 0. The van der Waals surface area contributed by atoms with Crippen LogP contribution in [0.5, 0.6) is 0 Å². The van der Waals surface area contributed by atoms with Gasteiger partial charge in [0.25, 0.3) is 0 Å². The van der Waals surface area contributed by atoms with Crippen molar-refractivity contribution in [3.05, 3.63) is 0 Å². The van der Waals surface area contributed by atoms with Gasteiger partial charge in [0.05, 0.1) is 0 Å². The Morgan fingerprint density at radius 2 is 0.113 bits per heavy atom. The van der Waals surface area contributed by atoms with Gasteiger partial charge in [-0.05, 0) is 0 Å². The van der Waals surface area contributed by atoms with Crippen LogP contribution in [0.2, 0.25) is 0 Å². The summed E-state index contributed by atoms with van der Waals surface area (Å²) in [4.78, 5) is 0. The molecule has 0 aliphatic carbocycles. The predicted molar refractivity (Wildman–Crippen MR) is 523 cm³/mol. The first-order valence-electron chi connectivity index (χ1n) is 11.7. The summed E-state index contributed by atoms with van der Waals surface area (Å²) >= 11 is 9.65.